The van der Waals surface area contributed by atoms with E-state index in [0.29, 0.717) is 5.92 Å². The summed E-state index contributed by atoms with van der Waals surface area (Å²) in [5.41, 5.74) is 5.31. The number of rotatable bonds is 4. The van der Waals surface area contributed by atoms with Gasteiger partial charge in [-0.3, -0.25) is 4.79 Å². The predicted octanol–water partition coefficient (Wildman–Crippen LogP) is 0.158. The van der Waals surface area contributed by atoms with Crippen molar-refractivity contribution in [1.29, 1.82) is 0 Å². The van der Waals surface area contributed by atoms with Crippen LogP contribution in [-0.4, -0.2) is 42.6 Å². The van der Waals surface area contributed by atoms with Crippen molar-refractivity contribution in [2.75, 3.05) is 26.8 Å². The summed E-state index contributed by atoms with van der Waals surface area (Å²) in [6.07, 6.45) is 1.20. The zero-order valence-corrected chi connectivity index (χ0v) is 9.18. The highest BCUT2D eigenvalue weighted by Gasteiger charge is 2.25. The molecule has 14 heavy (non-hydrogen) atoms. The molecular formula is C9H16N2O2S. The number of carbonyl (C=O) groups excluding carboxylic acids is 1. The Balaban J connectivity index is 2.34. The third kappa shape index (κ3) is 3.23. The molecule has 80 valence electrons. The SMILES string of the molecule is COCC1CCN(C(=O)CC(N)=S)C1. The maximum Gasteiger partial charge on any atom is 0.229 e. The summed E-state index contributed by atoms with van der Waals surface area (Å²) in [7, 11) is 1.68. The Morgan fingerprint density at radius 2 is 2.43 bits per heavy atom. The third-order valence-corrected chi connectivity index (χ3v) is 2.51. The average molecular weight is 216 g/mol. The minimum Gasteiger partial charge on any atom is -0.393 e. The predicted molar refractivity (Wildman–Crippen MR) is 58.0 cm³/mol. The smallest absolute Gasteiger partial charge is 0.229 e. The summed E-state index contributed by atoms with van der Waals surface area (Å²) < 4.78 is 5.05. The van der Waals surface area contributed by atoms with Crippen molar-refractivity contribution in [2.24, 2.45) is 11.7 Å². The number of ether oxygens (including phenoxy) is 1. The molecule has 0 aromatic rings. The van der Waals surface area contributed by atoms with Crippen LogP contribution >= 0.6 is 12.2 Å². The molecule has 1 heterocycles. The van der Waals surface area contributed by atoms with Crippen molar-refractivity contribution in [3.05, 3.63) is 0 Å². The van der Waals surface area contributed by atoms with Gasteiger partial charge in [0, 0.05) is 26.1 Å². The number of methoxy groups -OCH3 is 1. The fourth-order valence-corrected chi connectivity index (χ4v) is 1.82. The van der Waals surface area contributed by atoms with E-state index in [1.807, 2.05) is 4.90 Å². The second kappa shape index (κ2) is 5.26. The fourth-order valence-electron chi connectivity index (χ4n) is 1.69. The summed E-state index contributed by atoms with van der Waals surface area (Å²) in [6, 6.07) is 0. The van der Waals surface area contributed by atoms with Crippen LogP contribution < -0.4 is 5.73 Å². The second-order valence-corrected chi connectivity index (χ2v) is 4.12. The Bertz CT molecular complexity index is 233. The number of hydrogen-bond donors (Lipinski definition) is 1. The van der Waals surface area contributed by atoms with Crippen molar-refractivity contribution in [3.63, 3.8) is 0 Å². The number of nitrogens with two attached hydrogens (primary N) is 1. The summed E-state index contributed by atoms with van der Waals surface area (Å²) in [5.74, 6) is 0.506. The van der Waals surface area contributed by atoms with E-state index < -0.39 is 0 Å². The molecule has 0 aliphatic carbocycles. The Morgan fingerprint density at radius 1 is 1.71 bits per heavy atom. The molecule has 5 heteroatoms. The summed E-state index contributed by atoms with van der Waals surface area (Å²) in [6.45, 7) is 2.29. The average Bonchev–Trinajstić information content (AvgIpc) is 2.52. The van der Waals surface area contributed by atoms with Gasteiger partial charge in [0.2, 0.25) is 5.91 Å². The number of hydrogen-bond acceptors (Lipinski definition) is 3. The van der Waals surface area contributed by atoms with Gasteiger partial charge in [-0.15, -0.1) is 0 Å². The van der Waals surface area contributed by atoms with E-state index in [4.69, 9.17) is 22.7 Å². The van der Waals surface area contributed by atoms with Gasteiger partial charge >= 0.3 is 0 Å². The lowest BCUT2D eigenvalue weighted by Crippen LogP contribution is -2.32. The van der Waals surface area contributed by atoms with Crippen LogP contribution in [0.1, 0.15) is 12.8 Å². The Labute approximate surface area is 89.4 Å². The number of carbonyl (C=O) groups is 1. The van der Waals surface area contributed by atoms with Crippen molar-refractivity contribution >= 4 is 23.1 Å². The first-order valence-electron chi connectivity index (χ1n) is 4.68. The van der Waals surface area contributed by atoms with E-state index in [-0.39, 0.29) is 17.3 Å². The first kappa shape index (κ1) is 11.4. The lowest BCUT2D eigenvalue weighted by atomic mass is 10.1. The van der Waals surface area contributed by atoms with Gasteiger partial charge < -0.3 is 15.4 Å². The normalized spacial score (nSPS) is 21.2. The van der Waals surface area contributed by atoms with Gasteiger partial charge in [-0.2, -0.15) is 0 Å². The highest BCUT2D eigenvalue weighted by atomic mass is 32.1. The van der Waals surface area contributed by atoms with E-state index in [2.05, 4.69) is 0 Å². The number of amides is 1. The highest BCUT2D eigenvalue weighted by molar-refractivity contribution is 7.80. The van der Waals surface area contributed by atoms with Gasteiger partial charge in [-0.25, -0.2) is 0 Å². The molecule has 0 aromatic carbocycles. The van der Waals surface area contributed by atoms with E-state index in [1.54, 1.807) is 7.11 Å². The molecule has 0 aromatic heterocycles. The fraction of sp³-hybridized carbons (Fsp3) is 0.778. The zero-order chi connectivity index (χ0) is 10.6. The van der Waals surface area contributed by atoms with Gasteiger partial charge in [0.25, 0.3) is 0 Å². The summed E-state index contributed by atoms with van der Waals surface area (Å²) >= 11 is 4.69. The number of likely N-dealkylation sites (tertiary alicyclic amines) is 1. The van der Waals surface area contributed by atoms with Crippen molar-refractivity contribution < 1.29 is 9.53 Å². The zero-order valence-electron chi connectivity index (χ0n) is 8.36. The van der Waals surface area contributed by atoms with E-state index in [9.17, 15) is 4.79 Å². The molecule has 1 rings (SSSR count). The molecule has 0 bridgehead atoms. The van der Waals surface area contributed by atoms with Gasteiger partial charge in [-0.05, 0) is 6.42 Å². The molecule has 0 radical (unpaired) electrons. The van der Waals surface area contributed by atoms with Crippen LogP contribution in [0.15, 0.2) is 0 Å². The monoisotopic (exact) mass is 216 g/mol. The van der Waals surface area contributed by atoms with Crippen molar-refractivity contribution in [2.45, 2.75) is 12.8 Å². The van der Waals surface area contributed by atoms with Crippen molar-refractivity contribution in [1.82, 2.24) is 4.90 Å². The highest BCUT2D eigenvalue weighted by Crippen LogP contribution is 2.16. The van der Waals surface area contributed by atoms with Crippen LogP contribution in [0.25, 0.3) is 0 Å². The second-order valence-electron chi connectivity index (χ2n) is 3.59. The molecule has 1 fully saturated rings. The standard InChI is InChI=1S/C9H16N2O2S/c1-13-6-7-2-3-11(5-7)9(12)4-8(10)14/h7H,2-6H2,1H3,(H2,10,14). The third-order valence-electron chi connectivity index (χ3n) is 2.37. The number of nitrogens with zero attached hydrogens (tertiary/aromatic N) is 1. The molecule has 1 saturated heterocycles. The molecular weight excluding hydrogens is 200 g/mol. The molecule has 1 unspecified atom stereocenters. The molecule has 0 saturated carbocycles. The van der Waals surface area contributed by atoms with Crippen LogP contribution in [0.3, 0.4) is 0 Å². The first-order chi connectivity index (χ1) is 6.63. The van der Waals surface area contributed by atoms with Crippen LogP contribution in [0, 0.1) is 5.92 Å². The molecule has 0 spiro atoms. The van der Waals surface area contributed by atoms with Crippen LogP contribution in [0.2, 0.25) is 0 Å². The Hall–Kier alpha value is -0.680. The molecule has 4 nitrogen and oxygen atoms in total. The minimum atomic E-state index is 0.0381. The van der Waals surface area contributed by atoms with E-state index in [0.717, 1.165) is 26.1 Å². The minimum absolute atomic E-state index is 0.0381. The maximum atomic E-state index is 11.5. The van der Waals surface area contributed by atoms with E-state index in [1.165, 1.54) is 0 Å². The van der Waals surface area contributed by atoms with Gasteiger partial charge in [0.05, 0.1) is 18.0 Å². The Kier molecular flexibility index (Phi) is 4.28. The molecule has 1 aliphatic rings. The topological polar surface area (TPSA) is 55.6 Å². The lowest BCUT2D eigenvalue weighted by Gasteiger charge is -2.15. The van der Waals surface area contributed by atoms with Gasteiger partial charge in [0.15, 0.2) is 0 Å². The number of thiocarbonyl (C=S) groups is 1. The largest absolute Gasteiger partial charge is 0.393 e. The molecule has 1 aliphatic heterocycles. The van der Waals surface area contributed by atoms with Gasteiger partial charge in [-0.1, -0.05) is 12.2 Å². The molecule has 2 N–H and O–H groups in total. The quantitative estimate of drug-likeness (QED) is 0.680. The first-order valence-corrected chi connectivity index (χ1v) is 5.09. The summed E-state index contributed by atoms with van der Waals surface area (Å²) in [5, 5.41) is 0. The van der Waals surface area contributed by atoms with Gasteiger partial charge in [0.1, 0.15) is 0 Å². The van der Waals surface area contributed by atoms with E-state index >= 15 is 0 Å². The lowest BCUT2D eigenvalue weighted by molar-refractivity contribution is -0.129. The summed E-state index contributed by atoms with van der Waals surface area (Å²) in [4.78, 5) is 13.6. The van der Waals surface area contributed by atoms with Crippen molar-refractivity contribution in [3.8, 4) is 0 Å². The van der Waals surface area contributed by atoms with Crippen LogP contribution in [-0.2, 0) is 9.53 Å². The maximum absolute atomic E-state index is 11.5. The van der Waals surface area contributed by atoms with Crippen LogP contribution in [0.5, 0.6) is 0 Å². The van der Waals surface area contributed by atoms with Crippen LogP contribution in [0.4, 0.5) is 0 Å². The Morgan fingerprint density at radius 3 is 3.00 bits per heavy atom. The molecule has 1 atom stereocenters. The molecule has 1 amide bonds.